The Bertz CT molecular complexity index is 427. The smallest absolute Gasteiger partial charge is 0.340 e. The molecule has 0 bridgehead atoms. The number of nitrogens with zero attached hydrogens (tertiary/aromatic N) is 1. The van der Waals surface area contributed by atoms with Gasteiger partial charge in [0.2, 0.25) is 0 Å². The van der Waals surface area contributed by atoms with Crippen molar-refractivity contribution in [1.82, 2.24) is 4.98 Å². The molecule has 0 aromatic carbocycles. The Balaban J connectivity index is 3.23. The zero-order valence-corrected chi connectivity index (χ0v) is 9.80. The Morgan fingerprint density at radius 2 is 2.29 bits per heavy atom. The first-order chi connectivity index (χ1) is 8.01. The van der Waals surface area contributed by atoms with Crippen molar-refractivity contribution in [2.24, 2.45) is 5.73 Å². The van der Waals surface area contributed by atoms with E-state index in [1.54, 1.807) is 6.92 Å². The molecule has 0 aliphatic rings. The van der Waals surface area contributed by atoms with Gasteiger partial charge in [0.15, 0.2) is 0 Å². The van der Waals surface area contributed by atoms with E-state index < -0.39 is 18.1 Å². The first-order valence-corrected chi connectivity index (χ1v) is 5.23. The number of esters is 1. The number of aromatic nitrogens is 1. The number of ether oxygens (including phenoxy) is 1. The van der Waals surface area contributed by atoms with Gasteiger partial charge in [0.1, 0.15) is 5.69 Å². The first kappa shape index (κ1) is 13.8. The van der Waals surface area contributed by atoms with Crippen molar-refractivity contribution in [3.63, 3.8) is 0 Å². The molecule has 0 saturated carbocycles. The molecule has 1 aromatic heterocycles. The van der Waals surface area contributed by atoms with Crippen molar-refractivity contribution in [3.8, 4) is 0 Å². The number of hydrogen-bond acceptors (Lipinski definition) is 4. The largest absolute Gasteiger partial charge is 0.462 e. The van der Waals surface area contributed by atoms with Crippen LogP contribution in [0.25, 0.3) is 0 Å². The molecule has 0 fully saturated rings. The lowest BCUT2D eigenvalue weighted by Crippen LogP contribution is -2.14. The van der Waals surface area contributed by atoms with Crippen molar-refractivity contribution in [2.75, 3.05) is 6.61 Å². The van der Waals surface area contributed by atoms with E-state index in [4.69, 9.17) is 22.1 Å². The molecule has 0 aliphatic carbocycles. The minimum Gasteiger partial charge on any atom is -0.462 e. The van der Waals surface area contributed by atoms with E-state index >= 15 is 0 Å². The predicted molar refractivity (Wildman–Crippen MR) is 58.1 cm³/mol. The van der Waals surface area contributed by atoms with E-state index in [-0.39, 0.29) is 29.4 Å². The highest BCUT2D eigenvalue weighted by Gasteiger charge is 2.21. The number of carbonyl (C=O) groups is 1. The number of hydrogen-bond donors (Lipinski definition) is 1. The average Bonchev–Trinajstić information content (AvgIpc) is 2.28. The van der Waals surface area contributed by atoms with Gasteiger partial charge in [-0.05, 0) is 13.0 Å². The lowest BCUT2D eigenvalue weighted by molar-refractivity contribution is 0.0523. The van der Waals surface area contributed by atoms with Crippen LogP contribution < -0.4 is 5.73 Å². The first-order valence-electron chi connectivity index (χ1n) is 4.85. The molecule has 0 spiro atoms. The fourth-order valence-electron chi connectivity index (χ4n) is 1.24. The Morgan fingerprint density at radius 1 is 1.65 bits per heavy atom. The predicted octanol–water partition coefficient (Wildman–Crippen LogP) is 2.31. The summed E-state index contributed by atoms with van der Waals surface area (Å²) in [6, 6.07) is 1.11. The molecule has 0 atom stereocenters. The van der Waals surface area contributed by atoms with Crippen molar-refractivity contribution < 1.29 is 18.3 Å². The van der Waals surface area contributed by atoms with Crippen molar-refractivity contribution >= 4 is 17.6 Å². The van der Waals surface area contributed by atoms with Gasteiger partial charge >= 0.3 is 5.97 Å². The molecular formula is C10H11ClF2N2O2. The van der Waals surface area contributed by atoms with E-state index in [9.17, 15) is 13.6 Å². The van der Waals surface area contributed by atoms with Gasteiger partial charge in [-0.15, -0.1) is 0 Å². The third-order valence-corrected chi connectivity index (χ3v) is 2.28. The average molecular weight is 265 g/mol. The van der Waals surface area contributed by atoms with Crippen LogP contribution in [0.5, 0.6) is 0 Å². The summed E-state index contributed by atoms with van der Waals surface area (Å²) >= 11 is 5.61. The summed E-state index contributed by atoms with van der Waals surface area (Å²) in [5, 5.41) is -0.278. The number of carbonyl (C=O) groups excluding carboxylic acids is 1. The van der Waals surface area contributed by atoms with Gasteiger partial charge in [-0.2, -0.15) is 0 Å². The monoisotopic (exact) mass is 264 g/mol. The maximum atomic E-state index is 12.5. The maximum Gasteiger partial charge on any atom is 0.340 e. The number of pyridine rings is 1. The van der Waals surface area contributed by atoms with Gasteiger partial charge in [-0.25, -0.2) is 18.6 Å². The summed E-state index contributed by atoms with van der Waals surface area (Å²) in [5.41, 5.74) is 4.82. The van der Waals surface area contributed by atoms with Crippen LogP contribution in [0, 0.1) is 0 Å². The van der Waals surface area contributed by atoms with Crippen molar-refractivity contribution in [1.29, 1.82) is 0 Å². The van der Waals surface area contributed by atoms with E-state index in [0.29, 0.717) is 0 Å². The molecule has 1 heterocycles. The Labute approximate surface area is 102 Å². The van der Waals surface area contributed by atoms with Gasteiger partial charge < -0.3 is 10.5 Å². The number of rotatable bonds is 4. The topological polar surface area (TPSA) is 65.2 Å². The minimum absolute atomic E-state index is 0.0174. The van der Waals surface area contributed by atoms with Gasteiger partial charge in [0.25, 0.3) is 6.43 Å². The molecule has 94 valence electrons. The summed E-state index contributed by atoms with van der Waals surface area (Å²) in [7, 11) is 0. The van der Waals surface area contributed by atoms with Crippen molar-refractivity contribution in [2.45, 2.75) is 19.9 Å². The van der Waals surface area contributed by atoms with E-state index in [0.717, 1.165) is 6.07 Å². The summed E-state index contributed by atoms with van der Waals surface area (Å²) < 4.78 is 29.8. The summed E-state index contributed by atoms with van der Waals surface area (Å²) in [6.45, 7) is 1.64. The lowest BCUT2D eigenvalue weighted by atomic mass is 10.1. The highest BCUT2D eigenvalue weighted by molar-refractivity contribution is 6.31. The number of halogens is 3. The summed E-state index contributed by atoms with van der Waals surface area (Å²) in [6.07, 6.45) is -2.82. The number of nitrogens with two attached hydrogens (primary N) is 1. The van der Waals surface area contributed by atoms with Crippen LogP contribution in [0.3, 0.4) is 0 Å². The van der Waals surface area contributed by atoms with Gasteiger partial charge in [0.05, 0.1) is 22.9 Å². The second-order valence-corrected chi connectivity index (χ2v) is 3.48. The minimum atomic E-state index is -2.82. The molecule has 7 heteroatoms. The summed E-state index contributed by atoms with van der Waals surface area (Å²) in [4.78, 5) is 15.1. The fourth-order valence-corrected chi connectivity index (χ4v) is 1.47. The summed E-state index contributed by atoms with van der Waals surface area (Å²) in [5.74, 6) is -0.678. The third-order valence-electron chi connectivity index (χ3n) is 1.98. The Kier molecular flexibility index (Phi) is 4.77. The molecular weight excluding hydrogens is 254 g/mol. The maximum absolute atomic E-state index is 12.5. The third kappa shape index (κ3) is 3.10. The van der Waals surface area contributed by atoms with E-state index in [2.05, 4.69) is 4.98 Å². The van der Waals surface area contributed by atoms with Crippen LogP contribution in [-0.4, -0.2) is 17.6 Å². The second-order valence-electron chi connectivity index (χ2n) is 3.07. The van der Waals surface area contributed by atoms with Gasteiger partial charge in [-0.1, -0.05) is 11.6 Å². The lowest BCUT2D eigenvalue weighted by Gasteiger charge is -2.10. The van der Waals surface area contributed by atoms with Crippen LogP contribution in [0.2, 0.25) is 5.02 Å². The highest BCUT2D eigenvalue weighted by Crippen LogP contribution is 2.27. The molecule has 4 nitrogen and oxygen atoms in total. The molecule has 17 heavy (non-hydrogen) atoms. The Morgan fingerprint density at radius 3 is 2.76 bits per heavy atom. The highest BCUT2D eigenvalue weighted by atomic mass is 35.5. The van der Waals surface area contributed by atoms with E-state index in [1.165, 1.54) is 0 Å². The van der Waals surface area contributed by atoms with Crippen LogP contribution >= 0.6 is 11.6 Å². The molecule has 0 aliphatic heterocycles. The van der Waals surface area contributed by atoms with Crippen LogP contribution in [-0.2, 0) is 11.3 Å². The molecule has 1 aromatic rings. The SMILES string of the molecule is CCOC(=O)c1cc(Cl)c(C(F)F)nc1CN. The second kappa shape index (κ2) is 5.88. The normalized spacial score (nSPS) is 10.7. The van der Waals surface area contributed by atoms with E-state index in [1.807, 2.05) is 0 Å². The molecule has 0 radical (unpaired) electrons. The molecule has 2 N–H and O–H groups in total. The molecule has 0 unspecified atom stereocenters. The van der Waals surface area contributed by atoms with Gasteiger partial charge in [0, 0.05) is 6.54 Å². The van der Waals surface area contributed by atoms with Gasteiger partial charge in [-0.3, -0.25) is 0 Å². The molecule has 1 rings (SSSR count). The number of alkyl halides is 2. The molecule has 0 amide bonds. The fraction of sp³-hybridized carbons (Fsp3) is 0.400. The standard InChI is InChI=1S/C10H11ClF2N2O2/c1-2-17-10(16)5-3-6(11)8(9(12)13)15-7(5)4-14/h3,9H,2,4,14H2,1H3. The zero-order chi connectivity index (χ0) is 13.0. The zero-order valence-electron chi connectivity index (χ0n) is 9.04. The van der Waals surface area contributed by atoms with Crippen LogP contribution in [0.15, 0.2) is 6.07 Å². The van der Waals surface area contributed by atoms with Crippen LogP contribution in [0.1, 0.15) is 35.1 Å². The molecule has 0 saturated heterocycles. The quantitative estimate of drug-likeness (QED) is 0.848. The Hall–Kier alpha value is -1.27. The van der Waals surface area contributed by atoms with Crippen molar-refractivity contribution in [3.05, 3.63) is 28.0 Å². The van der Waals surface area contributed by atoms with Crippen LogP contribution in [0.4, 0.5) is 8.78 Å².